The molecule has 0 aromatic heterocycles. The molecule has 0 radical (unpaired) electrons. The maximum Gasteiger partial charge on any atom is 0.335 e. The van der Waals surface area contributed by atoms with E-state index in [1.165, 1.54) is 30.5 Å². The number of hydrogen-bond donors (Lipinski definition) is 3. The minimum atomic E-state index is -1.04. The molecule has 0 unspecified atom stereocenters. The highest BCUT2D eigenvalue weighted by Gasteiger charge is 2.11. The number of carboxylic acid groups (broad SMARTS) is 1. The lowest BCUT2D eigenvalue weighted by Gasteiger charge is -2.26. The van der Waals surface area contributed by atoms with Gasteiger partial charge in [-0.1, -0.05) is 0 Å². The number of amides is 1. The van der Waals surface area contributed by atoms with Gasteiger partial charge in [0.25, 0.3) is 5.91 Å². The van der Waals surface area contributed by atoms with E-state index in [1.807, 2.05) is 6.07 Å². The number of anilines is 1. The molecule has 2 rings (SSSR count). The largest absolute Gasteiger partial charge is 0.478 e. The summed E-state index contributed by atoms with van der Waals surface area (Å²) in [4.78, 5) is 25.1. The van der Waals surface area contributed by atoms with Gasteiger partial charge in [-0.3, -0.25) is 9.69 Å². The van der Waals surface area contributed by atoms with Gasteiger partial charge >= 0.3 is 5.97 Å². The van der Waals surface area contributed by atoms with Crippen LogP contribution in [0.1, 0.15) is 10.4 Å². The Kier molecular flexibility index (Phi) is 6.95. The van der Waals surface area contributed by atoms with Gasteiger partial charge in [-0.2, -0.15) is 5.26 Å². The van der Waals surface area contributed by atoms with Gasteiger partial charge in [-0.05, 0) is 24.3 Å². The number of ether oxygens (including phenoxy) is 1. The van der Waals surface area contributed by atoms with Crippen LogP contribution in [0.25, 0.3) is 0 Å². The molecule has 8 heteroatoms. The first-order chi connectivity index (χ1) is 12.1. The highest BCUT2D eigenvalue weighted by Crippen LogP contribution is 2.10. The zero-order chi connectivity index (χ0) is 18.1. The number of carboxylic acids is 1. The van der Waals surface area contributed by atoms with Crippen LogP contribution in [0.4, 0.5) is 5.69 Å². The zero-order valence-electron chi connectivity index (χ0n) is 13.7. The van der Waals surface area contributed by atoms with Crippen molar-refractivity contribution in [1.29, 1.82) is 5.26 Å². The Morgan fingerprint density at radius 2 is 1.96 bits per heavy atom. The minimum Gasteiger partial charge on any atom is -0.478 e. The zero-order valence-corrected chi connectivity index (χ0v) is 13.7. The van der Waals surface area contributed by atoms with Crippen molar-refractivity contribution < 1.29 is 19.4 Å². The highest BCUT2D eigenvalue weighted by atomic mass is 16.5. The summed E-state index contributed by atoms with van der Waals surface area (Å²) >= 11 is 0. The number of morpholine rings is 1. The van der Waals surface area contributed by atoms with Crippen molar-refractivity contribution >= 4 is 17.6 Å². The maximum atomic E-state index is 12.1. The second-order valence-corrected chi connectivity index (χ2v) is 5.41. The molecule has 3 N–H and O–H groups in total. The standard InChI is InChI=1S/C17H20N4O4/c18-11-14(12-19-5-6-21-7-9-25-10-8-21)16(22)20-15-3-1-13(2-4-15)17(23)24/h1-4,12,19H,5-10H2,(H,20,22)(H,23,24)/b14-12-. The lowest BCUT2D eigenvalue weighted by Crippen LogP contribution is -2.39. The summed E-state index contributed by atoms with van der Waals surface area (Å²) in [5.74, 6) is -1.59. The number of nitrogens with zero attached hydrogens (tertiary/aromatic N) is 2. The Balaban J connectivity index is 1.82. The highest BCUT2D eigenvalue weighted by molar-refractivity contribution is 6.06. The number of hydrogen-bond acceptors (Lipinski definition) is 6. The predicted molar refractivity (Wildman–Crippen MR) is 91.0 cm³/mol. The van der Waals surface area contributed by atoms with Crippen LogP contribution < -0.4 is 10.6 Å². The lowest BCUT2D eigenvalue weighted by atomic mass is 10.2. The first-order valence-corrected chi connectivity index (χ1v) is 7.88. The van der Waals surface area contributed by atoms with Crippen LogP contribution in [-0.2, 0) is 9.53 Å². The quantitative estimate of drug-likeness (QED) is 0.378. The molecule has 0 atom stereocenters. The Hall–Kier alpha value is -2.89. The number of nitrogens with one attached hydrogen (secondary N) is 2. The Morgan fingerprint density at radius 3 is 2.56 bits per heavy atom. The van der Waals surface area contributed by atoms with Crippen LogP contribution in [0.2, 0.25) is 0 Å². The summed E-state index contributed by atoms with van der Waals surface area (Å²) < 4.78 is 5.27. The first kappa shape index (κ1) is 18.4. The van der Waals surface area contributed by atoms with Crippen molar-refractivity contribution in [3.05, 3.63) is 41.6 Å². The Morgan fingerprint density at radius 1 is 1.28 bits per heavy atom. The molecular formula is C17H20N4O4. The van der Waals surface area contributed by atoms with E-state index < -0.39 is 11.9 Å². The molecule has 1 aliphatic rings. The van der Waals surface area contributed by atoms with E-state index in [1.54, 1.807) is 0 Å². The van der Waals surface area contributed by atoms with Gasteiger partial charge in [-0.25, -0.2) is 4.79 Å². The Labute approximate surface area is 145 Å². The predicted octanol–water partition coefficient (Wildman–Crippen LogP) is 0.653. The van der Waals surface area contributed by atoms with Gasteiger partial charge in [0.2, 0.25) is 0 Å². The summed E-state index contributed by atoms with van der Waals surface area (Å²) in [5.41, 5.74) is 0.493. The lowest BCUT2D eigenvalue weighted by molar-refractivity contribution is -0.112. The first-order valence-electron chi connectivity index (χ1n) is 7.88. The third kappa shape index (κ3) is 5.91. The summed E-state index contributed by atoms with van der Waals surface area (Å²) in [6.07, 6.45) is 1.39. The van der Waals surface area contributed by atoms with Crippen molar-refractivity contribution in [2.75, 3.05) is 44.7 Å². The average molecular weight is 344 g/mol. The van der Waals surface area contributed by atoms with Crippen molar-refractivity contribution in [2.45, 2.75) is 0 Å². The molecule has 1 aromatic rings. The number of nitriles is 1. The van der Waals surface area contributed by atoms with Crippen LogP contribution >= 0.6 is 0 Å². The molecule has 0 spiro atoms. The van der Waals surface area contributed by atoms with Gasteiger partial charge in [0.15, 0.2) is 0 Å². The molecule has 1 saturated heterocycles. The monoisotopic (exact) mass is 344 g/mol. The minimum absolute atomic E-state index is 0.0516. The molecule has 1 aliphatic heterocycles. The summed E-state index contributed by atoms with van der Waals surface area (Å²) in [7, 11) is 0. The molecule has 0 saturated carbocycles. The second kappa shape index (κ2) is 9.42. The van der Waals surface area contributed by atoms with Gasteiger partial charge in [0.05, 0.1) is 18.8 Å². The van der Waals surface area contributed by atoms with E-state index in [0.717, 1.165) is 32.8 Å². The van der Waals surface area contributed by atoms with Crippen LogP contribution in [0.3, 0.4) is 0 Å². The number of rotatable bonds is 7. The molecule has 1 fully saturated rings. The average Bonchev–Trinajstić information content (AvgIpc) is 2.63. The SMILES string of the molecule is N#C/C(=C/NCCN1CCOCC1)C(=O)Nc1ccc(C(=O)O)cc1. The molecule has 0 aliphatic carbocycles. The molecule has 25 heavy (non-hydrogen) atoms. The molecule has 1 aromatic carbocycles. The van der Waals surface area contributed by atoms with Crippen LogP contribution in [-0.4, -0.2) is 61.3 Å². The summed E-state index contributed by atoms with van der Waals surface area (Å²) in [5, 5.41) is 23.5. The van der Waals surface area contributed by atoms with Gasteiger partial charge in [0, 0.05) is 38.1 Å². The smallest absolute Gasteiger partial charge is 0.335 e. The number of carbonyl (C=O) groups excluding carboxylic acids is 1. The van der Waals surface area contributed by atoms with Crippen LogP contribution in [0.15, 0.2) is 36.0 Å². The molecule has 0 bridgehead atoms. The van der Waals surface area contributed by atoms with Gasteiger partial charge in [-0.15, -0.1) is 0 Å². The van der Waals surface area contributed by atoms with Crippen LogP contribution in [0, 0.1) is 11.3 Å². The van der Waals surface area contributed by atoms with E-state index in [0.29, 0.717) is 12.2 Å². The third-order valence-electron chi connectivity index (χ3n) is 3.68. The van der Waals surface area contributed by atoms with E-state index in [9.17, 15) is 9.59 Å². The van der Waals surface area contributed by atoms with E-state index >= 15 is 0 Å². The van der Waals surface area contributed by atoms with Crippen molar-refractivity contribution in [3.63, 3.8) is 0 Å². The van der Waals surface area contributed by atoms with Gasteiger partial charge in [0.1, 0.15) is 11.6 Å². The molecule has 8 nitrogen and oxygen atoms in total. The third-order valence-corrected chi connectivity index (χ3v) is 3.68. The van der Waals surface area contributed by atoms with Gasteiger partial charge < -0.3 is 20.5 Å². The van der Waals surface area contributed by atoms with Crippen molar-refractivity contribution in [3.8, 4) is 6.07 Å². The number of aromatic carboxylic acids is 1. The molecule has 1 amide bonds. The Bertz CT molecular complexity index is 673. The van der Waals surface area contributed by atoms with Crippen molar-refractivity contribution in [2.24, 2.45) is 0 Å². The summed E-state index contributed by atoms with van der Waals surface area (Å²) in [6, 6.07) is 7.56. The topological polar surface area (TPSA) is 115 Å². The fourth-order valence-electron chi connectivity index (χ4n) is 2.26. The number of benzene rings is 1. The molecule has 132 valence electrons. The fraction of sp³-hybridized carbons (Fsp3) is 0.353. The maximum absolute atomic E-state index is 12.1. The van der Waals surface area contributed by atoms with E-state index in [-0.39, 0.29) is 11.1 Å². The molecule has 1 heterocycles. The van der Waals surface area contributed by atoms with Crippen molar-refractivity contribution in [1.82, 2.24) is 10.2 Å². The molecular weight excluding hydrogens is 324 g/mol. The second-order valence-electron chi connectivity index (χ2n) is 5.41. The van der Waals surface area contributed by atoms with E-state index in [4.69, 9.17) is 15.1 Å². The number of carbonyl (C=O) groups is 2. The fourth-order valence-corrected chi connectivity index (χ4v) is 2.26. The van der Waals surface area contributed by atoms with E-state index in [2.05, 4.69) is 15.5 Å². The summed E-state index contributed by atoms with van der Waals surface area (Å²) in [6.45, 7) is 4.62. The normalized spacial score (nSPS) is 15.2. The van der Waals surface area contributed by atoms with Crippen LogP contribution in [0.5, 0.6) is 0 Å².